The lowest BCUT2D eigenvalue weighted by Crippen LogP contribution is -2.35. The Morgan fingerprint density at radius 3 is 2.29 bits per heavy atom. The van der Waals surface area contributed by atoms with Crippen LogP contribution in [0.15, 0.2) is 93.9 Å². The second-order valence-electron chi connectivity index (χ2n) is 13.9. The second-order valence-corrected chi connectivity index (χ2v) is 16.8. The van der Waals surface area contributed by atoms with Crippen LogP contribution in [0, 0.1) is 6.92 Å². The molecule has 0 saturated heterocycles. The van der Waals surface area contributed by atoms with Crippen LogP contribution in [0.3, 0.4) is 0 Å². The zero-order valence-corrected chi connectivity index (χ0v) is 33.5. The summed E-state index contributed by atoms with van der Waals surface area (Å²) in [5, 5.41) is 10.4. The maximum absolute atomic E-state index is 12.1. The van der Waals surface area contributed by atoms with Gasteiger partial charge in [0.1, 0.15) is 34.9 Å². The number of benzene rings is 3. The number of methoxy groups -OCH3 is 2. The lowest BCUT2D eigenvalue weighted by molar-refractivity contribution is -0.137. The van der Waals surface area contributed by atoms with Crippen LogP contribution in [0.4, 0.5) is 5.69 Å². The van der Waals surface area contributed by atoms with Gasteiger partial charge in [0, 0.05) is 66.9 Å². The molecule has 2 heterocycles. The third-order valence-electron chi connectivity index (χ3n) is 10.1. The minimum atomic E-state index is -4.85. The number of fused-ring (bicyclic) bond motifs is 2. The lowest BCUT2D eigenvalue weighted by atomic mass is 9.77. The molecule has 13 nitrogen and oxygen atoms in total. The SMILES string of the molecule is COCC[N+](CCOC)=c1ccc2c(-c3ccccc3)c(C)c(/C=C/C=C3/N(CCCS(=O)(=O)[O-])c4ccc(S(=O)(=O)[O-])cc4C3(C)CCCC(=O)O)oc-2c1. The van der Waals surface area contributed by atoms with Crippen molar-refractivity contribution in [1.82, 2.24) is 4.58 Å². The van der Waals surface area contributed by atoms with E-state index in [1.807, 2.05) is 68.5 Å². The van der Waals surface area contributed by atoms with Crippen LogP contribution in [0.5, 0.6) is 0 Å². The maximum Gasteiger partial charge on any atom is 0.303 e. The van der Waals surface area contributed by atoms with E-state index in [4.69, 9.17) is 13.9 Å². The van der Waals surface area contributed by atoms with Crippen molar-refractivity contribution in [1.29, 1.82) is 0 Å². The second kappa shape index (κ2) is 18.1. The van der Waals surface area contributed by atoms with E-state index in [2.05, 4.69) is 4.58 Å². The molecule has 0 bridgehead atoms. The van der Waals surface area contributed by atoms with Gasteiger partial charge in [-0.2, -0.15) is 0 Å². The summed E-state index contributed by atoms with van der Waals surface area (Å²) in [5.41, 5.74) is 4.34. The van der Waals surface area contributed by atoms with Crippen LogP contribution < -0.4 is 14.8 Å². The molecule has 0 spiro atoms. The van der Waals surface area contributed by atoms with Gasteiger partial charge in [-0.25, -0.2) is 21.4 Å². The molecule has 0 amide bonds. The molecule has 5 rings (SSSR count). The molecule has 1 N–H and O–H groups in total. The molecule has 1 aliphatic carbocycles. The predicted octanol–water partition coefficient (Wildman–Crippen LogP) is 5.19. The van der Waals surface area contributed by atoms with Gasteiger partial charge in [-0.15, -0.1) is 0 Å². The van der Waals surface area contributed by atoms with Crippen LogP contribution in [-0.2, 0) is 39.9 Å². The average molecular weight is 808 g/mol. The number of allylic oxidation sites excluding steroid dienone is 3. The van der Waals surface area contributed by atoms with Crippen molar-refractivity contribution in [3.63, 3.8) is 0 Å². The Bertz CT molecular complexity index is 2360. The molecule has 2 aromatic rings. The Morgan fingerprint density at radius 1 is 0.964 bits per heavy atom. The summed E-state index contributed by atoms with van der Waals surface area (Å²) in [7, 11) is -6.07. The lowest BCUT2D eigenvalue weighted by Gasteiger charge is -2.30. The minimum absolute atomic E-state index is 0.0349. The molecule has 0 saturated carbocycles. The summed E-state index contributed by atoms with van der Waals surface area (Å²) in [6.07, 6.45) is 5.67. The van der Waals surface area contributed by atoms with Gasteiger partial charge < -0.3 is 33.0 Å². The van der Waals surface area contributed by atoms with E-state index in [0.29, 0.717) is 54.8 Å². The molecular weight excluding hydrogens is 761 g/mol. The third-order valence-corrected chi connectivity index (χ3v) is 11.7. The van der Waals surface area contributed by atoms with Gasteiger partial charge in [-0.05, 0) is 86.2 Å². The number of carboxylic acids is 1. The first-order valence-corrected chi connectivity index (χ1v) is 21.2. The number of hydrogen-bond donors (Lipinski definition) is 1. The Kier molecular flexibility index (Phi) is 13.7. The fourth-order valence-corrected chi connectivity index (χ4v) is 8.32. The van der Waals surface area contributed by atoms with E-state index in [9.17, 15) is 35.8 Å². The smallest absolute Gasteiger partial charge is 0.303 e. The molecule has 0 radical (unpaired) electrons. The molecule has 1 atom stereocenters. The van der Waals surface area contributed by atoms with Crippen molar-refractivity contribution >= 4 is 38.0 Å². The van der Waals surface area contributed by atoms with Crippen LogP contribution in [0.2, 0.25) is 0 Å². The number of ether oxygens (including phenoxy) is 2. The molecule has 15 heteroatoms. The summed E-state index contributed by atoms with van der Waals surface area (Å²) in [6, 6.07) is 20.0. The Labute approximate surface area is 328 Å². The highest BCUT2D eigenvalue weighted by atomic mass is 32.2. The molecule has 1 unspecified atom stereocenters. The molecule has 2 aliphatic heterocycles. The standard InChI is InChI=1S/C41H48N2O11S2/c1-29-36(54-37-27-31(42(22-24-52-3)23-25-53-4)16-18-33(37)40(29)30-11-6-5-7-12-30)13-8-14-38-41(2,20-9-15-39(44)45)34-28-32(56(49,50)51)17-19-35(34)43(38)21-10-26-55(46,47)48/h5-8,11-14,16-19,27-28H,9-10,15,20-26H2,1-4H3,(H2-,44,45,46,47,48,49,50,51)/p-1. The first-order valence-electron chi connectivity index (χ1n) is 18.2. The van der Waals surface area contributed by atoms with Gasteiger partial charge in [0.2, 0.25) is 5.36 Å². The minimum Gasteiger partial charge on any atom is -0.748 e. The number of rotatable bonds is 18. The van der Waals surface area contributed by atoms with Crippen LogP contribution in [-0.4, -0.2) is 89.8 Å². The fourth-order valence-electron chi connectivity index (χ4n) is 7.34. The highest BCUT2D eigenvalue weighted by molar-refractivity contribution is 7.86. The van der Waals surface area contributed by atoms with Crippen molar-refractivity contribution in [2.24, 2.45) is 0 Å². The monoisotopic (exact) mass is 807 g/mol. The first-order chi connectivity index (χ1) is 26.6. The number of carboxylic acid groups (broad SMARTS) is 1. The predicted molar refractivity (Wildman–Crippen MR) is 211 cm³/mol. The molecular formula is C41H47N2O11S2-. The van der Waals surface area contributed by atoms with Gasteiger partial charge in [0.05, 0.1) is 21.1 Å². The summed E-state index contributed by atoms with van der Waals surface area (Å²) >= 11 is 0. The van der Waals surface area contributed by atoms with Crippen LogP contribution in [0.25, 0.3) is 28.5 Å². The van der Waals surface area contributed by atoms with Gasteiger partial charge in [0.25, 0.3) is 0 Å². The summed E-state index contributed by atoms with van der Waals surface area (Å²) < 4.78 is 90.6. The number of carbonyl (C=O) groups is 1. The summed E-state index contributed by atoms with van der Waals surface area (Å²) in [6.45, 7) is 6.18. The van der Waals surface area contributed by atoms with Crippen LogP contribution in [0.1, 0.15) is 49.5 Å². The normalized spacial score (nSPS) is 16.6. The van der Waals surface area contributed by atoms with Crippen molar-refractivity contribution < 1.29 is 49.7 Å². The number of anilines is 1. The van der Waals surface area contributed by atoms with E-state index < -0.39 is 42.3 Å². The Morgan fingerprint density at radius 2 is 1.66 bits per heavy atom. The number of nitrogens with zero attached hydrogens (tertiary/aromatic N) is 2. The quantitative estimate of drug-likeness (QED) is 0.102. The molecule has 0 fully saturated rings. The topological polar surface area (TPSA) is 190 Å². The molecule has 2 aromatic carbocycles. The fraction of sp³-hybridized carbons (Fsp3) is 0.366. The van der Waals surface area contributed by atoms with E-state index in [0.717, 1.165) is 27.6 Å². The van der Waals surface area contributed by atoms with Crippen LogP contribution >= 0.6 is 0 Å². The zero-order chi connectivity index (χ0) is 40.7. The van der Waals surface area contributed by atoms with Crippen molar-refractivity contribution in [3.05, 3.63) is 107 Å². The van der Waals surface area contributed by atoms with E-state index in [1.165, 1.54) is 18.2 Å². The highest BCUT2D eigenvalue weighted by Crippen LogP contribution is 2.51. The van der Waals surface area contributed by atoms with Gasteiger partial charge in [-0.1, -0.05) is 36.4 Å². The molecule has 3 aliphatic rings. The molecule has 56 heavy (non-hydrogen) atoms. The van der Waals surface area contributed by atoms with Crippen molar-refractivity contribution in [2.75, 3.05) is 57.7 Å². The average Bonchev–Trinajstić information content (AvgIpc) is 3.37. The first kappa shape index (κ1) is 42.5. The number of aliphatic carboxylic acids is 1. The molecule has 300 valence electrons. The van der Waals surface area contributed by atoms with Gasteiger partial charge >= 0.3 is 5.97 Å². The highest BCUT2D eigenvalue weighted by Gasteiger charge is 2.43. The Balaban J connectivity index is 1.69. The van der Waals surface area contributed by atoms with Gasteiger partial charge in [0.15, 0.2) is 13.1 Å². The van der Waals surface area contributed by atoms with E-state index >= 15 is 0 Å². The molecule has 0 aromatic heterocycles. The summed E-state index contributed by atoms with van der Waals surface area (Å²) in [5.74, 6) is -0.439. The Hall–Kier alpha value is -4.64. The van der Waals surface area contributed by atoms with Gasteiger partial charge in [-0.3, -0.25) is 4.79 Å². The number of hydrogen-bond acceptors (Lipinski definition) is 11. The van der Waals surface area contributed by atoms with E-state index in [1.54, 1.807) is 31.3 Å². The van der Waals surface area contributed by atoms with E-state index in [-0.39, 0.29) is 32.2 Å². The zero-order valence-electron chi connectivity index (χ0n) is 31.9. The maximum atomic E-state index is 12.1. The third kappa shape index (κ3) is 10.0. The van der Waals surface area contributed by atoms with Crippen molar-refractivity contribution in [2.45, 2.75) is 49.8 Å². The summed E-state index contributed by atoms with van der Waals surface area (Å²) in [4.78, 5) is 12.9. The largest absolute Gasteiger partial charge is 0.748 e. The van der Waals surface area contributed by atoms with Crippen molar-refractivity contribution in [3.8, 4) is 22.5 Å².